The molecular formula is C50H53F3N10O4. The molecule has 2 aromatic carbocycles. The lowest BCUT2D eigenvalue weighted by atomic mass is 9.90. The van der Waals surface area contributed by atoms with Crippen LogP contribution < -0.4 is 15.5 Å². The van der Waals surface area contributed by atoms with Gasteiger partial charge in [0.1, 0.15) is 5.69 Å². The molecule has 4 aliphatic heterocycles. The second kappa shape index (κ2) is 19.7. The highest BCUT2D eigenvalue weighted by Gasteiger charge is 2.36. The number of amides is 4. The summed E-state index contributed by atoms with van der Waals surface area (Å²) >= 11 is 0. The summed E-state index contributed by atoms with van der Waals surface area (Å²) in [6.07, 6.45) is 6.63. The first-order chi connectivity index (χ1) is 32.3. The summed E-state index contributed by atoms with van der Waals surface area (Å²) in [4.78, 5) is 68.4. The summed E-state index contributed by atoms with van der Waals surface area (Å²) in [7, 11) is 0. The van der Waals surface area contributed by atoms with Crippen LogP contribution >= 0.6 is 0 Å². The van der Waals surface area contributed by atoms with E-state index < -0.39 is 17.6 Å². The number of alkyl halides is 3. The number of nitrogens with zero attached hydrogens (tertiary/aromatic N) is 8. The molecule has 3 aromatic heterocycles. The Balaban J connectivity index is 0.727. The fourth-order valence-corrected chi connectivity index (χ4v) is 9.75. The second-order valence-corrected chi connectivity index (χ2v) is 18.1. The predicted molar refractivity (Wildman–Crippen MR) is 245 cm³/mol. The Bertz CT molecular complexity index is 2720. The number of pyridine rings is 1. The summed E-state index contributed by atoms with van der Waals surface area (Å²) in [5.74, 6) is 5.33. The largest absolute Gasteiger partial charge is 0.416 e. The van der Waals surface area contributed by atoms with E-state index in [-0.39, 0.29) is 52.9 Å². The highest BCUT2D eigenvalue weighted by molar-refractivity contribution is 6.04. The number of carbonyl (C=O) groups excluding carboxylic acids is 4. The van der Waals surface area contributed by atoms with E-state index in [4.69, 9.17) is 0 Å². The van der Waals surface area contributed by atoms with E-state index in [0.717, 1.165) is 81.3 Å². The van der Waals surface area contributed by atoms with Gasteiger partial charge >= 0.3 is 6.18 Å². The van der Waals surface area contributed by atoms with Gasteiger partial charge in [-0.05, 0) is 123 Å². The van der Waals surface area contributed by atoms with Gasteiger partial charge in [0.15, 0.2) is 5.65 Å². The highest BCUT2D eigenvalue weighted by atomic mass is 19.4. The van der Waals surface area contributed by atoms with Crippen LogP contribution in [0.4, 0.5) is 24.5 Å². The number of nitrogens with one attached hydrogen (secondary N) is 2. The molecular weight excluding hydrogens is 862 g/mol. The third-order valence-corrected chi connectivity index (χ3v) is 13.7. The Hall–Kier alpha value is -6.64. The van der Waals surface area contributed by atoms with Crippen LogP contribution in [-0.4, -0.2) is 117 Å². The first-order valence-electron chi connectivity index (χ1n) is 23.0. The average Bonchev–Trinajstić information content (AvgIpc) is 3.75. The molecule has 1 unspecified atom stereocenters. The van der Waals surface area contributed by atoms with Crippen molar-refractivity contribution in [2.45, 2.75) is 64.1 Å². The van der Waals surface area contributed by atoms with Crippen molar-refractivity contribution in [2.24, 2.45) is 11.8 Å². The summed E-state index contributed by atoms with van der Waals surface area (Å²) in [5, 5.41) is 9.35. The molecule has 67 heavy (non-hydrogen) atoms. The van der Waals surface area contributed by atoms with E-state index in [0.29, 0.717) is 61.8 Å². The molecule has 0 bridgehead atoms. The quantitative estimate of drug-likeness (QED) is 0.135. The van der Waals surface area contributed by atoms with Crippen molar-refractivity contribution in [3.8, 4) is 11.8 Å². The Morgan fingerprint density at radius 2 is 1.64 bits per heavy atom. The van der Waals surface area contributed by atoms with Crippen LogP contribution in [-0.2, 0) is 27.1 Å². The summed E-state index contributed by atoms with van der Waals surface area (Å²) < 4.78 is 45.1. The minimum absolute atomic E-state index is 0.0298. The first kappa shape index (κ1) is 45.5. The number of likely N-dealkylation sites (tertiary alicyclic amines) is 1. The number of benzene rings is 2. The van der Waals surface area contributed by atoms with Gasteiger partial charge in [-0.25, -0.2) is 9.50 Å². The topological polar surface area (TPSA) is 148 Å². The van der Waals surface area contributed by atoms with Crippen molar-refractivity contribution in [3.05, 3.63) is 118 Å². The van der Waals surface area contributed by atoms with Crippen molar-refractivity contribution in [2.75, 3.05) is 69.1 Å². The van der Waals surface area contributed by atoms with E-state index in [1.54, 1.807) is 47.4 Å². The highest BCUT2D eigenvalue weighted by Crippen LogP contribution is 2.35. The number of imidazole rings is 1. The number of hydrogen-bond donors (Lipinski definition) is 2. The minimum Gasteiger partial charge on any atom is -0.370 e. The monoisotopic (exact) mass is 914 g/mol. The van der Waals surface area contributed by atoms with E-state index >= 15 is 0 Å². The molecule has 2 N–H and O–H groups in total. The number of piperazine rings is 1. The van der Waals surface area contributed by atoms with Crippen molar-refractivity contribution < 1.29 is 32.3 Å². The maximum absolute atomic E-state index is 14.5. The number of imide groups is 1. The average molecular weight is 915 g/mol. The van der Waals surface area contributed by atoms with E-state index in [2.05, 4.69) is 47.3 Å². The normalized spacial score (nSPS) is 19.3. The molecule has 0 radical (unpaired) electrons. The number of fused-ring (bicyclic) bond motifs is 1. The lowest BCUT2D eigenvalue weighted by Crippen LogP contribution is -2.51. The third kappa shape index (κ3) is 10.7. The number of carbonyl (C=O) groups is 4. The maximum Gasteiger partial charge on any atom is 0.416 e. The van der Waals surface area contributed by atoms with Gasteiger partial charge in [0.05, 0.1) is 29.6 Å². The number of hydrogen-bond acceptors (Lipinski definition) is 10. The maximum atomic E-state index is 14.5. The zero-order chi connectivity index (χ0) is 46.7. The Morgan fingerprint density at radius 1 is 0.851 bits per heavy atom. The Kier molecular flexibility index (Phi) is 13.4. The van der Waals surface area contributed by atoms with Gasteiger partial charge in [0, 0.05) is 93.9 Å². The zero-order valence-corrected chi connectivity index (χ0v) is 37.4. The van der Waals surface area contributed by atoms with Crippen LogP contribution in [0, 0.1) is 30.6 Å². The summed E-state index contributed by atoms with van der Waals surface area (Å²) in [6, 6.07) is 14.5. The van der Waals surface area contributed by atoms with Crippen molar-refractivity contribution >= 4 is 40.7 Å². The number of piperidine rings is 3. The molecule has 0 saturated carbocycles. The first-order valence-corrected chi connectivity index (χ1v) is 23.0. The Labute approximate surface area is 386 Å². The molecule has 0 aliphatic carbocycles. The molecule has 4 aliphatic rings. The van der Waals surface area contributed by atoms with Crippen molar-refractivity contribution in [1.29, 1.82) is 0 Å². The van der Waals surface area contributed by atoms with E-state index in [9.17, 15) is 32.3 Å². The van der Waals surface area contributed by atoms with Crippen molar-refractivity contribution in [1.82, 2.24) is 39.6 Å². The molecule has 1 atom stereocenters. The van der Waals surface area contributed by atoms with Gasteiger partial charge in [-0.15, -0.1) is 0 Å². The molecule has 0 spiro atoms. The fourth-order valence-electron chi connectivity index (χ4n) is 9.75. The zero-order valence-electron chi connectivity index (χ0n) is 37.4. The molecule has 7 heterocycles. The predicted octanol–water partition coefficient (Wildman–Crippen LogP) is 5.90. The number of anilines is 2. The fraction of sp³-hybridized carbons (Fsp3) is 0.420. The lowest BCUT2D eigenvalue weighted by molar-refractivity contribution is -0.139. The molecule has 4 amide bonds. The number of halogens is 3. The second-order valence-electron chi connectivity index (χ2n) is 18.1. The van der Waals surface area contributed by atoms with Gasteiger partial charge in [-0.3, -0.25) is 34.4 Å². The van der Waals surface area contributed by atoms with Crippen LogP contribution in [0.1, 0.15) is 88.3 Å². The van der Waals surface area contributed by atoms with Crippen LogP contribution in [0.25, 0.3) is 5.65 Å². The molecule has 5 aromatic rings. The smallest absolute Gasteiger partial charge is 0.370 e. The van der Waals surface area contributed by atoms with Gasteiger partial charge in [-0.2, -0.15) is 18.3 Å². The van der Waals surface area contributed by atoms with Crippen LogP contribution in [0.2, 0.25) is 0 Å². The third-order valence-electron chi connectivity index (χ3n) is 13.7. The molecule has 4 fully saturated rings. The SMILES string of the molecule is Cc1ccc(C(=O)Nc2ccc(CN3CCN(C(=O)C4CCN(CC5CCN(c6cncc(C7CCC(=O)NC7=O)c6)CC5)CC4)CC3)c(C(F)(F)F)c2)cc1C#Cc1cnc2cccnn12. The summed E-state index contributed by atoms with van der Waals surface area (Å²) in [5.41, 5.74) is 4.05. The molecule has 14 nitrogen and oxygen atoms in total. The molecule has 9 rings (SSSR count). The van der Waals surface area contributed by atoms with Crippen LogP contribution in [0.3, 0.4) is 0 Å². The van der Waals surface area contributed by atoms with Crippen LogP contribution in [0.15, 0.2) is 79.4 Å². The van der Waals surface area contributed by atoms with Gasteiger partial charge < -0.3 is 20.0 Å². The van der Waals surface area contributed by atoms with Crippen LogP contribution in [0.5, 0.6) is 0 Å². The van der Waals surface area contributed by atoms with Gasteiger partial charge in [-0.1, -0.05) is 18.1 Å². The molecule has 17 heteroatoms. The lowest BCUT2D eigenvalue weighted by Gasteiger charge is -2.40. The number of aryl methyl sites for hydroxylation is 1. The standard InChI is InChI=1S/C50H53F3N10O4/c1-33-4-5-37(25-36(33)7-9-41-30-55-45-3-2-16-56-63(41)45)47(65)57-40-8-6-38(44(27-40)50(51,52)53)32-60-21-23-62(24-22-60)49(67)35-14-17-59(18-15-35)31-34-12-19-61(20-13-34)42-26-39(28-54-29-42)43-10-11-46(64)58-48(43)66/h2-6,8,16,25-30,34-35,43H,10-15,17-24,31-32H2,1H3,(H,57,65)(H,58,64,66). The van der Waals surface area contributed by atoms with E-state index in [1.807, 2.05) is 35.1 Å². The van der Waals surface area contributed by atoms with Gasteiger partial charge in [0.25, 0.3) is 5.91 Å². The number of aromatic nitrogens is 4. The summed E-state index contributed by atoms with van der Waals surface area (Å²) in [6.45, 7) is 8.25. The minimum atomic E-state index is -4.65. The van der Waals surface area contributed by atoms with E-state index in [1.165, 1.54) is 12.1 Å². The molecule has 348 valence electrons. The molecule has 4 saturated heterocycles. The van der Waals surface area contributed by atoms with Gasteiger partial charge in [0.2, 0.25) is 17.7 Å². The Morgan fingerprint density at radius 3 is 2.40 bits per heavy atom. The van der Waals surface area contributed by atoms with Crippen molar-refractivity contribution in [3.63, 3.8) is 0 Å². The number of rotatable bonds is 9.